The maximum Gasteiger partial charge on any atom is 0.260 e. The number of benzene rings is 5. The van der Waals surface area contributed by atoms with Crippen molar-refractivity contribution in [3.63, 3.8) is 0 Å². The van der Waals surface area contributed by atoms with Crippen molar-refractivity contribution >= 4 is 83.1 Å². The number of aromatic nitrogens is 6. The van der Waals surface area contributed by atoms with Crippen LogP contribution in [-0.4, -0.2) is 154 Å². The summed E-state index contributed by atoms with van der Waals surface area (Å²) in [6, 6.07) is 42.3. The predicted molar refractivity (Wildman–Crippen MR) is 379 cm³/mol. The Balaban J connectivity index is 0.000000139. The van der Waals surface area contributed by atoms with E-state index in [0.717, 1.165) is 109 Å². The molecular formula is C76H82N12O8. The zero-order valence-corrected chi connectivity index (χ0v) is 54.6. The van der Waals surface area contributed by atoms with Gasteiger partial charge in [-0.3, -0.25) is 43.7 Å². The summed E-state index contributed by atoms with van der Waals surface area (Å²) in [6.07, 6.45) is 16.4. The number of likely N-dealkylation sites (tertiary alicyclic amines) is 3. The number of fused-ring (bicyclic) bond motifs is 9. The molecule has 3 fully saturated rings. The van der Waals surface area contributed by atoms with Gasteiger partial charge in [0.1, 0.15) is 11.5 Å². The molecular weight excluding hydrogens is 1210 g/mol. The first kappa shape index (κ1) is 65.9. The van der Waals surface area contributed by atoms with Crippen molar-refractivity contribution in [1.82, 2.24) is 59.7 Å². The molecule has 20 nitrogen and oxygen atoms in total. The van der Waals surface area contributed by atoms with Crippen LogP contribution in [-0.2, 0) is 13.1 Å². The molecule has 3 aliphatic rings. The van der Waals surface area contributed by atoms with Crippen LogP contribution < -0.4 is 42.1 Å². The number of H-pyrrole nitrogens is 1. The van der Waals surface area contributed by atoms with Crippen LogP contribution in [0.5, 0.6) is 11.5 Å². The maximum atomic E-state index is 13.4. The highest BCUT2D eigenvalue weighted by Gasteiger charge is 2.20. The van der Waals surface area contributed by atoms with Gasteiger partial charge in [0, 0.05) is 90.7 Å². The lowest BCUT2D eigenvalue weighted by Gasteiger charge is -2.26. The molecule has 0 atom stereocenters. The zero-order valence-electron chi connectivity index (χ0n) is 54.6. The minimum atomic E-state index is -0.167. The van der Waals surface area contributed by atoms with Gasteiger partial charge in [-0.25, -0.2) is 0 Å². The Morgan fingerprint density at radius 2 is 0.771 bits per heavy atom. The maximum absolute atomic E-state index is 13.4. The molecule has 5 aromatic carbocycles. The van der Waals surface area contributed by atoms with Crippen molar-refractivity contribution in [2.24, 2.45) is 0 Å². The van der Waals surface area contributed by atoms with Crippen molar-refractivity contribution in [2.45, 2.75) is 70.9 Å². The average Bonchev–Trinajstić information content (AvgIpc) is 0.768. The van der Waals surface area contributed by atoms with E-state index in [1.165, 1.54) is 57.8 Å². The first-order valence-electron chi connectivity index (χ1n) is 33.5. The molecule has 0 saturated carbocycles. The number of hydrogen-bond acceptors (Lipinski definition) is 14. The number of rotatable bonds is 18. The Bertz CT molecular complexity index is 4550. The molecule has 11 aromatic rings. The van der Waals surface area contributed by atoms with Crippen LogP contribution in [0.25, 0.3) is 65.4 Å². The minimum Gasteiger partial charge on any atom is -0.497 e. The van der Waals surface area contributed by atoms with E-state index in [1.807, 2.05) is 72.8 Å². The average molecular weight is 1290 g/mol. The van der Waals surface area contributed by atoms with E-state index in [0.29, 0.717) is 87.6 Å². The lowest BCUT2D eigenvalue weighted by Crippen LogP contribution is -2.37. The summed E-state index contributed by atoms with van der Waals surface area (Å²) in [4.78, 5) is 101. The lowest BCUT2D eigenvalue weighted by molar-refractivity contribution is 0.0938. The number of aromatic amines is 1. The molecule has 0 radical (unpaired) electrons. The largest absolute Gasteiger partial charge is 0.497 e. The van der Waals surface area contributed by atoms with Gasteiger partial charge in [0.2, 0.25) is 0 Å². The molecule has 14 rings (SSSR count). The van der Waals surface area contributed by atoms with Gasteiger partial charge < -0.3 is 54.2 Å². The standard InChI is InChI=1S/2C28H30N4O3.C20H22N4O2/c2*1-35-22-10-7-20(8-11-22)19-32-25-12-9-21(27(33)30-14-17-31-15-3-2-4-16-31)18-24(25)26-23(28(32)34)6-5-13-29-26;25-19(22-9-12-24-10-2-1-3-11-24)14-6-7-17-16(13-14)18-15(20(26)23-17)5-4-8-21-18/h2*5-13,18H,2-4,14-17,19H2,1H3,(H,30,33);4-8,13H,1-3,9-12H2,(H,22,25)(H,23,26). The number of carbonyl (C=O) groups is 3. The molecule has 0 aliphatic carbocycles. The molecule has 4 N–H and O–H groups in total. The number of pyridine rings is 6. The molecule has 9 heterocycles. The number of methoxy groups -OCH3 is 2. The molecule has 0 spiro atoms. The molecule has 3 aliphatic heterocycles. The number of hydrogen-bond donors (Lipinski definition) is 4. The number of nitrogens with one attached hydrogen (secondary N) is 4. The van der Waals surface area contributed by atoms with Crippen LogP contribution in [0.3, 0.4) is 0 Å². The molecule has 494 valence electrons. The summed E-state index contributed by atoms with van der Waals surface area (Å²) in [7, 11) is 3.26. The Morgan fingerprint density at radius 1 is 0.417 bits per heavy atom. The van der Waals surface area contributed by atoms with E-state index in [-0.39, 0.29) is 34.4 Å². The Hall–Kier alpha value is -10.2. The van der Waals surface area contributed by atoms with Crippen LogP contribution in [0.1, 0.15) is 100.0 Å². The second kappa shape index (κ2) is 31.4. The summed E-state index contributed by atoms with van der Waals surface area (Å²) >= 11 is 0. The number of nitrogens with zero attached hydrogens (tertiary/aromatic N) is 8. The molecule has 3 saturated heterocycles. The molecule has 3 amide bonds. The Morgan fingerprint density at radius 3 is 1.16 bits per heavy atom. The molecule has 96 heavy (non-hydrogen) atoms. The molecule has 20 heteroatoms. The van der Waals surface area contributed by atoms with Crippen molar-refractivity contribution in [1.29, 1.82) is 0 Å². The summed E-state index contributed by atoms with van der Waals surface area (Å²) in [5.41, 5.74) is 7.34. The lowest BCUT2D eigenvalue weighted by atomic mass is 10.1. The number of amides is 3. The van der Waals surface area contributed by atoms with Crippen LogP contribution >= 0.6 is 0 Å². The summed E-state index contributed by atoms with van der Waals surface area (Å²) in [5.74, 6) is 1.22. The fourth-order valence-corrected chi connectivity index (χ4v) is 13.3. The molecule has 0 bridgehead atoms. The minimum absolute atomic E-state index is 0.0980. The Labute approximate surface area is 556 Å². The first-order valence-corrected chi connectivity index (χ1v) is 33.5. The number of ether oxygens (including phenoxy) is 2. The normalized spacial score (nSPS) is 14.6. The van der Waals surface area contributed by atoms with Gasteiger partial charge in [-0.15, -0.1) is 0 Å². The summed E-state index contributed by atoms with van der Waals surface area (Å²) in [5, 5.41) is 13.1. The first-order chi connectivity index (χ1) is 47.0. The molecule has 0 unspecified atom stereocenters. The van der Waals surface area contributed by atoms with Crippen LogP contribution in [0, 0.1) is 0 Å². The van der Waals surface area contributed by atoms with Gasteiger partial charge in [-0.05, 0) is 204 Å². The Kier molecular flexibility index (Phi) is 21.5. The highest BCUT2D eigenvalue weighted by atomic mass is 16.5. The van der Waals surface area contributed by atoms with E-state index in [9.17, 15) is 28.8 Å². The van der Waals surface area contributed by atoms with Gasteiger partial charge in [0.15, 0.2) is 0 Å². The van der Waals surface area contributed by atoms with Crippen LogP contribution in [0.2, 0.25) is 0 Å². The number of piperidine rings is 3. The van der Waals surface area contributed by atoms with Gasteiger partial charge in [-0.2, -0.15) is 0 Å². The third kappa shape index (κ3) is 15.6. The third-order valence-electron chi connectivity index (χ3n) is 18.5. The van der Waals surface area contributed by atoms with Crippen molar-refractivity contribution in [3.05, 3.63) is 217 Å². The second-order valence-electron chi connectivity index (χ2n) is 24.8. The zero-order chi connectivity index (χ0) is 66.3. The highest BCUT2D eigenvalue weighted by molar-refractivity contribution is 6.09. The van der Waals surface area contributed by atoms with Crippen molar-refractivity contribution in [2.75, 3.05) is 92.8 Å². The van der Waals surface area contributed by atoms with E-state index in [4.69, 9.17) is 9.47 Å². The topological polar surface area (TPSA) is 231 Å². The monoisotopic (exact) mass is 1290 g/mol. The van der Waals surface area contributed by atoms with Gasteiger partial charge >= 0.3 is 0 Å². The van der Waals surface area contributed by atoms with E-state index < -0.39 is 0 Å². The van der Waals surface area contributed by atoms with Crippen molar-refractivity contribution in [3.8, 4) is 11.5 Å². The highest BCUT2D eigenvalue weighted by Crippen LogP contribution is 2.27. The molecule has 6 aromatic heterocycles. The van der Waals surface area contributed by atoms with E-state index in [2.05, 4.69) is 50.6 Å². The van der Waals surface area contributed by atoms with Crippen molar-refractivity contribution < 1.29 is 23.9 Å². The van der Waals surface area contributed by atoms with Crippen LogP contribution in [0.15, 0.2) is 173 Å². The van der Waals surface area contributed by atoms with Crippen LogP contribution in [0.4, 0.5) is 0 Å². The van der Waals surface area contributed by atoms with Gasteiger partial charge in [0.05, 0.1) is 76.6 Å². The number of carbonyl (C=O) groups excluding carboxylic acids is 3. The van der Waals surface area contributed by atoms with Gasteiger partial charge in [0.25, 0.3) is 34.4 Å². The smallest absolute Gasteiger partial charge is 0.260 e. The second-order valence-corrected chi connectivity index (χ2v) is 24.8. The summed E-state index contributed by atoms with van der Waals surface area (Å²) in [6.45, 7) is 12.0. The fraction of sp³-hybridized carbons (Fsp3) is 0.329. The van der Waals surface area contributed by atoms with E-state index in [1.54, 1.807) is 109 Å². The summed E-state index contributed by atoms with van der Waals surface area (Å²) < 4.78 is 14.0. The SMILES string of the molecule is COc1ccc(Cn2c(=O)c3cccnc3c3cc(C(=O)NCCN4CCCCC4)ccc32)cc1.COc1ccc(Cn2c(=O)c3cccnc3c3cc(C(=O)NCCN4CCCCC4)ccc32)cc1.O=C(NCCN1CCCCC1)c1ccc2[nH]c(=O)c3cccnc3c2c1. The fourth-order valence-electron chi connectivity index (χ4n) is 13.3. The third-order valence-corrected chi connectivity index (χ3v) is 18.5. The van der Waals surface area contributed by atoms with Gasteiger partial charge in [-0.1, -0.05) is 43.5 Å². The quantitative estimate of drug-likeness (QED) is 0.0586. The van der Waals surface area contributed by atoms with E-state index >= 15 is 0 Å². The predicted octanol–water partition coefficient (Wildman–Crippen LogP) is 9.94.